The zero-order valence-electron chi connectivity index (χ0n) is 11.9. The number of aromatic nitrogens is 2. The quantitative estimate of drug-likeness (QED) is 0.570. The Morgan fingerprint density at radius 1 is 1.15 bits per heavy atom. The fourth-order valence-electron chi connectivity index (χ4n) is 2.29. The first-order valence-corrected chi connectivity index (χ1v) is 8.19. The maximum absolute atomic E-state index is 11.5. The first-order valence-electron chi connectivity index (χ1n) is 6.35. The van der Waals surface area contributed by atoms with Crippen LogP contribution in [0.3, 0.4) is 0 Å². The Morgan fingerprint density at radius 2 is 1.75 bits per heavy atom. The Balaban J connectivity index is 2.21. The van der Waals surface area contributed by atoms with Gasteiger partial charge in [0.15, 0.2) is 0 Å². The number of rotatable bonds is 3. The van der Waals surface area contributed by atoms with Gasteiger partial charge in [-0.3, -0.25) is 0 Å². The molecule has 0 radical (unpaired) electrons. The van der Waals surface area contributed by atoms with Crippen LogP contribution in [0.5, 0.6) is 0 Å². The van der Waals surface area contributed by atoms with E-state index in [4.69, 9.17) is 5.84 Å². The number of nitrogens with zero attached hydrogens (tertiary/aromatic N) is 4. The molecule has 0 unspecified atom stereocenters. The minimum Gasteiger partial charge on any atom is -0.354 e. The molecule has 9 heteroatoms. The third-order valence-corrected chi connectivity index (χ3v) is 4.68. The molecule has 1 fully saturated rings. The zero-order chi connectivity index (χ0) is 14.9. The highest BCUT2D eigenvalue weighted by Gasteiger charge is 2.25. The highest BCUT2D eigenvalue weighted by molar-refractivity contribution is 7.88. The Kier molecular flexibility index (Phi) is 4.11. The Labute approximate surface area is 119 Å². The van der Waals surface area contributed by atoms with E-state index in [-0.39, 0.29) is 0 Å². The van der Waals surface area contributed by atoms with Gasteiger partial charge in [-0.15, -0.1) is 0 Å². The lowest BCUT2D eigenvalue weighted by atomic mass is 10.2. The molecule has 1 aliphatic rings. The van der Waals surface area contributed by atoms with Crippen molar-refractivity contribution in [2.75, 3.05) is 42.8 Å². The lowest BCUT2D eigenvalue weighted by molar-refractivity contribution is 0.386. The highest BCUT2D eigenvalue weighted by Crippen LogP contribution is 2.24. The van der Waals surface area contributed by atoms with Gasteiger partial charge in [-0.2, -0.15) is 4.31 Å². The summed E-state index contributed by atoms with van der Waals surface area (Å²) in [5.41, 5.74) is 3.43. The van der Waals surface area contributed by atoms with E-state index in [2.05, 4.69) is 20.3 Å². The first-order chi connectivity index (χ1) is 9.32. The van der Waals surface area contributed by atoms with E-state index in [9.17, 15) is 8.42 Å². The summed E-state index contributed by atoms with van der Waals surface area (Å²) in [5.74, 6) is 7.48. The van der Waals surface area contributed by atoms with E-state index in [0.29, 0.717) is 37.8 Å². The molecule has 1 saturated heterocycles. The van der Waals surface area contributed by atoms with Crippen molar-refractivity contribution in [2.45, 2.75) is 13.8 Å². The van der Waals surface area contributed by atoms with Crippen molar-refractivity contribution in [3.8, 4) is 0 Å². The van der Waals surface area contributed by atoms with Gasteiger partial charge in [0.1, 0.15) is 17.5 Å². The summed E-state index contributed by atoms with van der Waals surface area (Å²) in [6.07, 6.45) is 1.24. The summed E-state index contributed by atoms with van der Waals surface area (Å²) in [7, 11) is -3.12. The van der Waals surface area contributed by atoms with Crippen molar-refractivity contribution < 1.29 is 8.42 Å². The van der Waals surface area contributed by atoms with Gasteiger partial charge in [-0.1, -0.05) is 0 Å². The van der Waals surface area contributed by atoms with Crippen LogP contribution in [0.15, 0.2) is 0 Å². The molecule has 0 amide bonds. The summed E-state index contributed by atoms with van der Waals surface area (Å²) in [5, 5.41) is 0. The molecule has 0 bridgehead atoms. The summed E-state index contributed by atoms with van der Waals surface area (Å²) < 4.78 is 24.5. The Morgan fingerprint density at radius 3 is 2.25 bits per heavy atom. The number of anilines is 2. The van der Waals surface area contributed by atoms with E-state index in [1.807, 2.05) is 6.92 Å². The molecule has 20 heavy (non-hydrogen) atoms. The van der Waals surface area contributed by atoms with Crippen molar-refractivity contribution in [3.05, 3.63) is 11.4 Å². The molecule has 1 aliphatic heterocycles. The molecule has 3 N–H and O–H groups in total. The van der Waals surface area contributed by atoms with E-state index >= 15 is 0 Å². The van der Waals surface area contributed by atoms with Crippen LogP contribution in [-0.4, -0.2) is 55.1 Å². The molecule has 2 heterocycles. The number of sulfonamides is 1. The maximum Gasteiger partial charge on any atom is 0.211 e. The van der Waals surface area contributed by atoms with E-state index in [0.717, 1.165) is 11.4 Å². The second-order valence-electron chi connectivity index (χ2n) is 4.86. The van der Waals surface area contributed by atoms with Gasteiger partial charge in [0.05, 0.1) is 6.26 Å². The lowest BCUT2D eigenvalue weighted by Crippen LogP contribution is -2.48. The predicted molar refractivity (Wildman–Crippen MR) is 77.9 cm³/mol. The molecule has 0 atom stereocenters. The van der Waals surface area contributed by atoms with Gasteiger partial charge >= 0.3 is 0 Å². The molecule has 1 aromatic rings. The van der Waals surface area contributed by atoms with Gasteiger partial charge in [0.2, 0.25) is 10.0 Å². The van der Waals surface area contributed by atoms with Gasteiger partial charge in [0, 0.05) is 31.7 Å². The summed E-state index contributed by atoms with van der Waals surface area (Å²) in [6.45, 7) is 5.84. The second kappa shape index (κ2) is 5.51. The molecule has 1 aromatic heterocycles. The van der Waals surface area contributed by atoms with E-state index < -0.39 is 10.0 Å². The van der Waals surface area contributed by atoms with Crippen LogP contribution >= 0.6 is 0 Å². The van der Waals surface area contributed by atoms with Gasteiger partial charge in [-0.05, 0) is 13.8 Å². The maximum atomic E-state index is 11.5. The fourth-order valence-corrected chi connectivity index (χ4v) is 3.12. The normalized spacial score (nSPS) is 17.3. The van der Waals surface area contributed by atoms with Gasteiger partial charge < -0.3 is 10.3 Å². The number of piperazine rings is 1. The average molecular weight is 300 g/mol. The molecule has 0 aliphatic carbocycles. The lowest BCUT2D eigenvalue weighted by Gasteiger charge is -2.34. The molecule has 0 saturated carbocycles. The van der Waals surface area contributed by atoms with Crippen molar-refractivity contribution >= 4 is 21.7 Å². The van der Waals surface area contributed by atoms with Gasteiger partial charge in [-0.25, -0.2) is 24.2 Å². The molecule has 8 nitrogen and oxygen atoms in total. The van der Waals surface area contributed by atoms with Crippen LogP contribution in [0.4, 0.5) is 11.6 Å². The van der Waals surface area contributed by atoms with Crippen LogP contribution in [-0.2, 0) is 10.0 Å². The van der Waals surface area contributed by atoms with Crippen molar-refractivity contribution in [3.63, 3.8) is 0 Å². The number of hydrazine groups is 1. The average Bonchev–Trinajstić information content (AvgIpc) is 2.40. The number of hydrogen-bond acceptors (Lipinski definition) is 7. The number of hydrogen-bond donors (Lipinski definition) is 2. The molecular weight excluding hydrogens is 280 g/mol. The first kappa shape index (κ1) is 14.9. The number of nitrogen functional groups attached to an aromatic ring is 1. The topological polar surface area (TPSA) is 104 Å². The molecule has 2 rings (SSSR count). The van der Waals surface area contributed by atoms with E-state index in [1.165, 1.54) is 10.6 Å². The standard InChI is InChI=1S/C11H20N6O2S/c1-8-10(15-12)13-9(2)14-11(8)16-4-6-17(7-5-16)20(3,18)19/h4-7,12H2,1-3H3,(H,13,14,15). The van der Waals surface area contributed by atoms with Crippen LogP contribution in [0.2, 0.25) is 0 Å². The third kappa shape index (κ3) is 3.00. The number of aryl methyl sites for hydroxylation is 1. The largest absolute Gasteiger partial charge is 0.354 e. The summed E-state index contributed by atoms with van der Waals surface area (Å²) in [6, 6.07) is 0. The molecule has 112 valence electrons. The SMILES string of the molecule is Cc1nc(NN)c(C)c(N2CCN(S(C)(=O)=O)CC2)n1. The molecule has 0 spiro atoms. The molecular formula is C11H20N6O2S. The summed E-state index contributed by atoms with van der Waals surface area (Å²) >= 11 is 0. The smallest absolute Gasteiger partial charge is 0.211 e. The monoisotopic (exact) mass is 300 g/mol. The minimum atomic E-state index is -3.12. The third-order valence-electron chi connectivity index (χ3n) is 3.38. The predicted octanol–water partition coefficient (Wildman–Crippen LogP) is -0.539. The van der Waals surface area contributed by atoms with Crippen molar-refractivity contribution in [1.82, 2.24) is 14.3 Å². The molecule has 0 aromatic carbocycles. The Hall–Kier alpha value is -1.45. The van der Waals surface area contributed by atoms with Crippen LogP contribution in [0.1, 0.15) is 11.4 Å². The fraction of sp³-hybridized carbons (Fsp3) is 0.636. The number of nitrogens with two attached hydrogens (primary N) is 1. The van der Waals surface area contributed by atoms with E-state index in [1.54, 1.807) is 6.92 Å². The Bertz CT molecular complexity index is 595. The zero-order valence-corrected chi connectivity index (χ0v) is 12.7. The van der Waals surface area contributed by atoms with Crippen molar-refractivity contribution in [1.29, 1.82) is 0 Å². The summed E-state index contributed by atoms with van der Waals surface area (Å²) in [4.78, 5) is 10.7. The second-order valence-corrected chi connectivity index (χ2v) is 6.84. The van der Waals surface area contributed by atoms with Crippen LogP contribution < -0.4 is 16.2 Å². The van der Waals surface area contributed by atoms with Crippen LogP contribution in [0.25, 0.3) is 0 Å². The van der Waals surface area contributed by atoms with Crippen LogP contribution in [0, 0.1) is 13.8 Å². The van der Waals surface area contributed by atoms with Gasteiger partial charge in [0.25, 0.3) is 0 Å². The highest BCUT2D eigenvalue weighted by atomic mass is 32.2. The number of nitrogens with one attached hydrogen (secondary N) is 1. The minimum absolute atomic E-state index is 0.465. The van der Waals surface area contributed by atoms with Crippen molar-refractivity contribution in [2.24, 2.45) is 5.84 Å².